The van der Waals surface area contributed by atoms with Crippen LogP contribution in [0, 0.1) is 0 Å². The largest absolute Gasteiger partial charge is 0.492 e. The SMILES string of the molecule is CCCCC/C=C\C/C=C\CCCCCCCCOc1cc(C(=O)OC)cc(OCCCCCCCC/C=C\C/C=C\CCCCC)c1Br. The summed E-state index contributed by atoms with van der Waals surface area (Å²) < 4.78 is 18.0. The maximum atomic E-state index is 12.3. The molecule has 0 spiro atoms. The zero-order valence-electron chi connectivity index (χ0n) is 31.7. The van der Waals surface area contributed by atoms with Crippen molar-refractivity contribution in [3.8, 4) is 11.5 Å². The minimum atomic E-state index is -0.385. The summed E-state index contributed by atoms with van der Waals surface area (Å²) in [7, 11) is 1.40. The highest BCUT2D eigenvalue weighted by Gasteiger charge is 2.16. The fourth-order valence-electron chi connectivity index (χ4n) is 5.56. The second-order valence-corrected chi connectivity index (χ2v) is 13.9. The lowest BCUT2D eigenvalue weighted by Crippen LogP contribution is -2.06. The fourth-order valence-corrected chi connectivity index (χ4v) is 6.02. The van der Waals surface area contributed by atoms with Crippen molar-refractivity contribution in [3.63, 3.8) is 0 Å². The Balaban J connectivity index is 2.21. The Bertz CT molecular complexity index is 970. The van der Waals surface area contributed by atoms with Crippen LogP contribution in [0.25, 0.3) is 0 Å². The van der Waals surface area contributed by atoms with Gasteiger partial charge >= 0.3 is 5.97 Å². The molecule has 0 atom stereocenters. The van der Waals surface area contributed by atoms with Gasteiger partial charge in [-0.1, -0.05) is 140 Å². The van der Waals surface area contributed by atoms with Crippen molar-refractivity contribution in [2.45, 2.75) is 168 Å². The van der Waals surface area contributed by atoms with Crippen LogP contribution in [-0.2, 0) is 4.74 Å². The number of hydrogen-bond acceptors (Lipinski definition) is 4. The summed E-state index contributed by atoms with van der Waals surface area (Å²) in [6.07, 6.45) is 47.6. The van der Waals surface area contributed by atoms with Crippen LogP contribution in [0.2, 0.25) is 0 Å². The Kier molecular flexibility index (Phi) is 31.2. The van der Waals surface area contributed by atoms with E-state index in [0.717, 1.165) is 43.0 Å². The number of hydrogen-bond donors (Lipinski definition) is 0. The van der Waals surface area contributed by atoms with Crippen LogP contribution in [0.1, 0.15) is 178 Å². The summed E-state index contributed by atoms with van der Waals surface area (Å²) in [5.41, 5.74) is 0.449. The van der Waals surface area contributed by atoms with Crippen molar-refractivity contribution in [2.75, 3.05) is 20.3 Å². The number of halogens is 1. The molecule has 0 aliphatic heterocycles. The molecule has 0 aromatic heterocycles. The van der Waals surface area contributed by atoms with Crippen molar-refractivity contribution < 1.29 is 19.0 Å². The average Bonchev–Trinajstić information content (AvgIpc) is 3.11. The standard InChI is InChI=1S/C44H71BrO4/c1-4-6-8-10-12-14-16-18-20-22-24-26-28-30-32-34-36-48-41-38-40(44(46)47-3)39-42(43(41)45)49-37-35-33-31-29-27-25-23-21-19-17-15-13-11-9-7-5-2/h12-15,18-21,38-39H,4-11,16-17,22-37H2,1-3H3/b14-12-,15-13-,20-18-,21-19-. The van der Waals surface area contributed by atoms with E-state index in [1.165, 1.54) is 123 Å². The molecule has 0 saturated carbocycles. The van der Waals surface area contributed by atoms with Gasteiger partial charge in [0.25, 0.3) is 0 Å². The summed E-state index contributed by atoms with van der Waals surface area (Å²) in [4.78, 5) is 12.3. The number of methoxy groups -OCH3 is 1. The summed E-state index contributed by atoms with van der Waals surface area (Å²) in [6, 6.07) is 3.50. The molecule has 49 heavy (non-hydrogen) atoms. The Morgan fingerprint density at radius 2 is 0.878 bits per heavy atom. The minimum absolute atomic E-state index is 0.385. The fraction of sp³-hybridized carbons (Fsp3) is 0.659. The molecule has 0 fully saturated rings. The first-order chi connectivity index (χ1) is 24.1. The van der Waals surface area contributed by atoms with E-state index in [0.29, 0.717) is 30.3 Å². The van der Waals surface area contributed by atoms with E-state index in [4.69, 9.17) is 14.2 Å². The second-order valence-electron chi connectivity index (χ2n) is 13.1. The molecular formula is C44H71BrO4. The maximum Gasteiger partial charge on any atom is 0.338 e. The van der Waals surface area contributed by atoms with Gasteiger partial charge in [-0.15, -0.1) is 0 Å². The first kappa shape index (κ1) is 44.8. The van der Waals surface area contributed by atoms with E-state index in [-0.39, 0.29) is 5.97 Å². The summed E-state index contributed by atoms with van der Waals surface area (Å²) >= 11 is 3.67. The zero-order valence-corrected chi connectivity index (χ0v) is 33.3. The van der Waals surface area contributed by atoms with Crippen LogP contribution in [0.15, 0.2) is 65.2 Å². The number of allylic oxidation sites excluding steroid dienone is 8. The maximum absolute atomic E-state index is 12.3. The van der Waals surface area contributed by atoms with E-state index in [2.05, 4.69) is 78.4 Å². The van der Waals surface area contributed by atoms with Gasteiger partial charge in [0.05, 0.1) is 25.9 Å². The summed E-state index contributed by atoms with van der Waals surface area (Å²) in [5, 5.41) is 0. The van der Waals surface area contributed by atoms with Crippen LogP contribution < -0.4 is 9.47 Å². The van der Waals surface area contributed by atoms with Crippen molar-refractivity contribution in [1.29, 1.82) is 0 Å². The molecule has 0 unspecified atom stereocenters. The number of carbonyl (C=O) groups is 1. The Labute approximate surface area is 310 Å². The predicted octanol–water partition coefficient (Wildman–Crippen LogP) is 14.6. The van der Waals surface area contributed by atoms with Crippen LogP contribution >= 0.6 is 15.9 Å². The predicted molar refractivity (Wildman–Crippen MR) is 215 cm³/mol. The second kappa shape index (κ2) is 34.2. The molecule has 0 bridgehead atoms. The number of benzene rings is 1. The lowest BCUT2D eigenvalue weighted by Gasteiger charge is -2.15. The number of rotatable bonds is 33. The van der Waals surface area contributed by atoms with Gasteiger partial charge in [-0.05, 0) is 105 Å². The van der Waals surface area contributed by atoms with Crippen molar-refractivity contribution in [1.82, 2.24) is 0 Å². The molecule has 1 rings (SSSR count). The molecule has 278 valence electrons. The van der Waals surface area contributed by atoms with Gasteiger partial charge in [0.2, 0.25) is 0 Å². The van der Waals surface area contributed by atoms with Gasteiger partial charge in [-0.2, -0.15) is 0 Å². The van der Waals surface area contributed by atoms with E-state index < -0.39 is 0 Å². The summed E-state index contributed by atoms with van der Waals surface area (Å²) in [6.45, 7) is 5.73. The third-order valence-corrected chi connectivity index (χ3v) is 9.41. The monoisotopic (exact) mass is 742 g/mol. The van der Waals surface area contributed by atoms with Gasteiger partial charge in [0, 0.05) is 0 Å². The van der Waals surface area contributed by atoms with Crippen LogP contribution in [0.4, 0.5) is 0 Å². The molecule has 0 amide bonds. The first-order valence-corrected chi connectivity index (χ1v) is 20.7. The molecule has 5 heteroatoms. The number of carbonyl (C=O) groups excluding carboxylic acids is 1. The quantitative estimate of drug-likeness (QED) is 0.0408. The van der Waals surface area contributed by atoms with E-state index >= 15 is 0 Å². The first-order valence-electron chi connectivity index (χ1n) is 19.9. The molecule has 0 heterocycles. The van der Waals surface area contributed by atoms with Crippen LogP contribution in [0.3, 0.4) is 0 Å². The topological polar surface area (TPSA) is 44.8 Å². The van der Waals surface area contributed by atoms with Crippen molar-refractivity contribution in [3.05, 3.63) is 70.8 Å². The molecule has 0 N–H and O–H groups in total. The molecule has 0 saturated heterocycles. The van der Waals surface area contributed by atoms with Gasteiger partial charge < -0.3 is 14.2 Å². The molecular weight excluding hydrogens is 672 g/mol. The van der Waals surface area contributed by atoms with E-state index in [1.54, 1.807) is 12.1 Å². The Hall–Kier alpha value is -2.27. The van der Waals surface area contributed by atoms with Gasteiger partial charge in [-0.25, -0.2) is 4.79 Å². The third kappa shape index (κ3) is 26.2. The highest BCUT2D eigenvalue weighted by molar-refractivity contribution is 9.10. The van der Waals surface area contributed by atoms with Gasteiger partial charge in [-0.3, -0.25) is 0 Å². The molecule has 1 aromatic rings. The third-order valence-electron chi connectivity index (χ3n) is 8.63. The van der Waals surface area contributed by atoms with E-state index in [1.807, 2.05) is 0 Å². The Morgan fingerprint density at radius 1 is 0.531 bits per heavy atom. The smallest absolute Gasteiger partial charge is 0.338 e. The zero-order chi connectivity index (χ0) is 35.5. The number of unbranched alkanes of at least 4 members (excludes halogenated alkanes) is 18. The molecule has 4 nitrogen and oxygen atoms in total. The van der Waals surface area contributed by atoms with Gasteiger partial charge in [0.15, 0.2) is 0 Å². The average molecular weight is 744 g/mol. The lowest BCUT2D eigenvalue weighted by atomic mass is 10.1. The summed E-state index contributed by atoms with van der Waals surface area (Å²) in [5.74, 6) is 0.889. The molecule has 0 aliphatic carbocycles. The molecule has 0 aliphatic rings. The number of ether oxygens (including phenoxy) is 3. The normalized spacial score (nSPS) is 11.9. The van der Waals surface area contributed by atoms with Crippen molar-refractivity contribution >= 4 is 21.9 Å². The molecule has 1 aromatic carbocycles. The highest BCUT2D eigenvalue weighted by atomic mass is 79.9. The van der Waals surface area contributed by atoms with E-state index in [9.17, 15) is 4.79 Å². The lowest BCUT2D eigenvalue weighted by molar-refractivity contribution is 0.0599. The number of esters is 1. The van der Waals surface area contributed by atoms with Crippen LogP contribution in [-0.4, -0.2) is 26.3 Å². The molecule has 0 radical (unpaired) electrons. The Morgan fingerprint density at radius 3 is 1.24 bits per heavy atom. The van der Waals surface area contributed by atoms with Crippen LogP contribution in [0.5, 0.6) is 11.5 Å². The minimum Gasteiger partial charge on any atom is -0.492 e. The van der Waals surface area contributed by atoms with Crippen molar-refractivity contribution in [2.24, 2.45) is 0 Å². The highest BCUT2D eigenvalue weighted by Crippen LogP contribution is 2.36. The van der Waals surface area contributed by atoms with Gasteiger partial charge in [0.1, 0.15) is 16.0 Å².